The highest BCUT2D eigenvalue weighted by Crippen LogP contribution is 2.21. The van der Waals surface area contributed by atoms with Crippen molar-refractivity contribution >= 4 is 52.5 Å². The van der Waals surface area contributed by atoms with Crippen molar-refractivity contribution in [2.24, 2.45) is 0 Å². The van der Waals surface area contributed by atoms with Gasteiger partial charge < -0.3 is 31.7 Å². The molecule has 6 N–H and O–H groups in total. The second-order valence-electron chi connectivity index (χ2n) is 13.8. The van der Waals surface area contributed by atoms with Crippen molar-refractivity contribution in [3.8, 4) is 11.1 Å². The molecule has 1 aromatic heterocycles. The van der Waals surface area contributed by atoms with Crippen molar-refractivity contribution in [1.82, 2.24) is 21.3 Å². The molecule has 2 aliphatic rings. The highest BCUT2D eigenvalue weighted by molar-refractivity contribution is 7.09. The quantitative estimate of drug-likeness (QED) is 0.126. The number of anilines is 1. The van der Waals surface area contributed by atoms with Crippen molar-refractivity contribution < 1.29 is 33.9 Å². The molecular weight excluding hydrogens is 743 g/mol. The molecule has 0 spiro atoms. The van der Waals surface area contributed by atoms with E-state index < -0.39 is 59.7 Å². The summed E-state index contributed by atoms with van der Waals surface area (Å²) in [6, 6.07) is 31.5. The first-order valence-corrected chi connectivity index (χ1v) is 19.5. The van der Waals surface area contributed by atoms with E-state index in [9.17, 15) is 33.9 Å². The van der Waals surface area contributed by atoms with Gasteiger partial charge in [-0.25, -0.2) is 4.79 Å². The molecule has 4 aromatic carbocycles. The van der Waals surface area contributed by atoms with Crippen LogP contribution in [0.5, 0.6) is 0 Å². The predicted octanol–water partition coefficient (Wildman–Crippen LogP) is 4.44. The lowest BCUT2D eigenvalue weighted by Gasteiger charge is -2.26. The number of aliphatic carboxylic acids is 1. The van der Waals surface area contributed by atoms with E-state index in [0.29, 0.717) is 22.4 Å². The minimum Gasteiger partial charge on any atom is -0.480 e. The van der Waals surface area contributed by atoms with Crippen LogP contribution in [0.4, 0.5) is 5.69 Å². The number of hydrogen-bond donors (Lipinski definition) is 6. The number of nitrogens with one attached hydrogen (secondary N) is 5. The zero-order chi connectivity index (χ0) is 40.1. The Morgan fingerprint density at radius 1 is 0.561 bits per heavy atom. The van der Waals surface area contributed by atoms with Crippen molar-refractivity contribution in [2.45, 2.75) is 62.7 Å². The first-order chi connectivity index (χ1) is 27.6. The first kappa shape index (κ1) is 40.1. The maximum atomic E-state index is 14.4. The SMILES string of the molecule is O=C1CCC(=O)N[C@@H](Cc2cccs2)C(=O)N[C@H](Cc2ccc(-c3ccccc3)cc2)C(=O)N[C@@H](Cc2ccccc2)C(=O)N[C@H](C(=O)O)Cc2ccc(cc2)N1. The van der Waals surface area contributed by atoms with E-state index in [1.807, 2.05) is 78.2 Å². The molecule has 0 fully saturated rings. The van der Waals surface area contributed by atoms with Crippen LogP contribution in [0.3, 0.4) is 0 Å². The van der Waals surface area contributed by atoms with E-state index in [-0.39, 0.29) is 38.5 Å². The van der Waals surface area contributed by atoms with E-state index in [2.05, 4.69) is 26.6 Å². The van der Waals surface area contributed by atoms with Gasteiger partial charge in [0.15, 0.2) is 0 Å². The lowest BCUT2D eigenvalue weighted by atomic mass is 9.99. The Morgan fingerprint density at radius 3 is 1.70 bits per heavy atom. The Kier molecular flexibility index (Phi) is 13.6. The van der Waals surface area contributed by atoms with Gasteiger partial charge in [0, 0.05) is 49.1 Å². The van der Waals surface area contributed by atoms with Crippen LogP contribution in [0.25, 0.3) is 11.1 Å². The van der Waals surface area contributed by atoms with Crippen LogP contribution in [-0.2, 0) is 54.5 Å². The number of fused-ring (bicyclic) bond motifs is 18. The molecule has 3 heterocycles. The average molecular weight is 786 g/mol. The van der Waals surface area contributed by atoms with Gasteiger partial charge in [0.05, 0.1) is 0 Å². The van der Waals surface area contributed by atoms with Gasteiger partial charge in [0.25, 0.3) is 0 Å². The number of rotatable bonds is 8. The number of amides is 5. The largest absolute Gasteiger partial charge is 0.480 e. The minimum absolute atomic E-state index is 0.0275. The fourth-order valence-corrected chi connectivity index (χ4v) is 7.25. The molecule has 7 rings (SSSR count). The molecule has 0 aliphatic carbocycles. The third-order valence-corrected chi connectivity index (χ3v) is 10.5. The summed E-state index contributed by atoms with van der Waals surface area (Å²) in [7, 11) is 0. The summed E-state index contributed by atoms with van der Waals surface area (Å²) < 4.78 is 0. The number of thiophene rings is 1. The summed E-state index contributed by atoms with van der Waals surface area (Å²) in [6.07, 6.45) is -0.261. The third-order valence-electron chi connectivity index (χ3n) is 9.56. The van der Waals surface area contributed by atoms with Gasteiger partial charge in [-0.3, -0.25) is 24.0 Å². The van der Waals surface area contributed by atoms with Crippen LogP contribution in [0.1, 0.15) is 34.4 Å². The van der Waals surface area contributed by atoms with Gasteiger partial charge in [-0.05, 0) is 51.4 Å². The number of carboxylic acid groups (broad SMARTS) is 1. The van der Waals surface area contributed by atoms with Gasteiger partial charge in [-0.15, -0.1) is 11.3 Å². The molecule has 57 heavy (non-hydrogen) atoms. The summed E-state index contributed by atoms with van der Waals surface area (Å²) in [6.45, 7) is 0. The fraction of sp³-hybridized carbons (Fsp3) is 0.227. The molecule has 0 saturated heterocycles. The summed E-state index contributed by atoms with van der Waals surface area (Å²) in [5, 5.41) is 25.7. The molecule has 2 aliphatic heterocycles. The summed E-state index contributed by atoms with van der Waals surface area (Å²) in [5.41, 5.74) is 4.40. The van der Waals surface area contributed by atoms with Gasteiger partial charge >= 0.3 is 5.97 Å². The molecule has 2 bridgehead atoms. The molecule has 0 saturated carbocycles. The number of benzene rings is 4. The topological polar surface area (TPSA) is 183 Å². The van der Waals surface area contributed by atoms with Crippen LogP contribution in [-0.4, -0.2) is 64.8 Å². The zero-order valence-electron chi connectivity index (χ0n) is 31.0. The smallest absolute Gasteiger partial charge is 0.326 e. The molecule has 5 aromatic rings. The molecule has 0 unspecified atom stereocenters. The van der Waals surface area contributed by atoms with Crippen molar-refractivity contribution in [3.63, 3.8) is 0 Å². The normalized spacial score (nSPS) is 19.9. The molecule has 5 amide bonds. The van der Waals surface area contributed by atoms with Crippen LogP contribution in [0, 0.1) is 0 Å². The summed E-state index contributed by atoms with van der Waals surface area (Å²) >= 11 is 1.41. The van der Waals surface area contributed by atoms with E-state index in [0.717, 1.165) is 16.0 Å². The van der Waals surface area contributed by atoms with Crippen LogP contribution >= 0.6 is 11.3 Å². The van der Waals surface area contributed by atoms with E-state index in [4.69, 9.17) is 0 Å². The third kappa shape index (κ3) is 11.7. The second-order valence-corrected chi connectivity index (χ2v) is 14.9. The van der Waals surface area contributed by atoms with Crippen molar-refractivity contribution in [3.05, 3.63) is 148 Å². The number of carbonyl (C=O) groups is 6. The number of hydrogen-bond acceptors (Lipinski definition) is 7. The Hall–Kier alpha value is -6.60. The minimum atomic E-state index is -1.35. The Balaban J connectivity index is 1.34. The van der Waals surface area contributed by atoms with Crippen molar-refractivity contribution in [2.75, 3.05) is 5.32 Å². The molecule has 4 atom stereocenters. The average Bonchev–Trinajstić information content (AvgIpc) is 3.73. The Labute approximate surface area is 334 Å². The highest BCUT2D eigenvalue weighted by Gasteiger charge is 2.32. The van der Waals surface area contributed by atoms with Gasteiger partial charge in [-0.1, -0.05) is 103 Å². The zero-order valence-corrected chi connectivity index (χ0v) is 31.8. The standard InChI is InChI=1S/C44H43N5O7S/c50-39-21-22-40(51)46-37(27-34-12-7-23-57-34)43(54)48-36(25-29-13-17-32(18-14-29)31-10-5-2-6-11-31)41(52)47-35(24-28-8-3-1-4-9-28)42(53)49-38(44(55)56)26-30-15-19-33(45-39)20-16-30/h1-20,23,35-38H,21-22,24-27H2,(H,45,50)(H,46,51)(H,47,52)(H,48,54)(H,49,53)(H,55,56)/t35-,36+,37-,38-/m0/s1. The lowest BCUT2D eigenvalue weighted by Crippen LogP contribution is -2.59. The first-order valence-electron chi connectivity index (χ1n) is 18.6. The van der Waals surface area contributed by atoms with E-state index in [1.54, 1.807) is 48.5 Å². The molecular formula is C44H43N5O7S. The van der Waals surface area contributed by atoms with Gasteiger partial charge in [0.1, 0.15) is 24.2 Å². The van der Waals surface area contributed by atoms with Gasteiger partial charge in [0.2, 0.25) is 29.5 Å². The molecule has 13 heteroatoms. The number of carboxylic acids is 1. The fourth-order valence-electron chi connectivity index (χ4n) is 6.50. The lowest BCUT2D eigenvalue weighted by molar-refractivity contribution is -0.142. The monoisotopic (exact) mass is 785 g/mol. The van der Waals surface area contributed by atoms with Crippen LogP contribution in [0.15, 0.2) is 127 Å². The van der Waals surface area contributed by atoms with Gasteiger partial charge in [-0.2, -0.15) is 0 Å². The van der Waals surface area contributed by atoms with E-state index in [1.165, 1.54) is 11.3 Å². The molecule has 12 nitrogen and oxygen atoms in total. The Bertz CT molecular complexity index is 2160. The van der Waals surface area contributed by atoms with Crippen molar-refractivity contribution in [1.29, 1.82) is 0 Å². The Morgan fingerprint density at radius 2 is 1.11 bits per heavy atom. The summed E-state index contributed by atoms with van der Waals surface area (Å²) in [5.74, 6) is -4.28. The maximum absolute atomic E-state index is 14.4. The second kappa shape index (κ2) is 19.3. The van der Waals surface area contributed by atoms with Crippen LogP contribution < -0.4 is 26.6 Å². The number of carbonyl (C=O) groups excluding carboxylic acids is 5. The maximum Gasteiger partial charge on any atom is 0.326 e. The predicted molar refractivity (Wildman–Crippen MR) is 217 cm³/mol. The summed E-state index contributed by atoms with van der Waals surface area (Å²) in [4.78, 5) is 81.8. The van der Waals surface area contributed by atoms with Crippen LogP contribution in [0.2, 0.25) is 0 Å². The van der Waals surface area contributed by atoms with E-state index >= 15 is 0 Å². The highest BCUT2D eigenvalue weighted by atomic mass is 32.1. The molecule has 0 radical (unpaired) electrons. The molecule has 292 valence electrons.